The van der Waals surface area contributed by atoms with Crippen molar-refractivity contribution in [3.05, 3.63) is 46.8 Å². The highest BCUT2D eigenvalue weighted by Crippen LogP contribution is 2.43. The highest BCUT2D eigenvalue weighted by atomic mass is 15.1. The molecule has 0 saturated heterocycles. The van der Waals surface area contributed by atoms with Crippen LogP contribution in [0.5, 0.6) is 0 Å². The van der Waals surface area contributed by atoms with Crippen LogP contribution in [0.3, 0.4) is 0 Å². The fraction of sp³-hybridized carbons (Fsp3) is 0.350. The molecule has 26 heavy (non-hydrogen) atoms. The molecule has 6 heteroatoms. The maximum Gasteiger partial charge on any atom is 0.217 e. The van der Waals surface area contributed by atoms with E-state index in [9.17, 15) is 0 Å². The number of rotatable bonds is 2. The van der Waals surface area contributed by atoms with E-state index in [1.54, 1.807) is 0 Å². The number of aliphatic imine (C=N–C) groups is 2. The van der Waals surface area contributed by atoms with Gasteiger partial charge in [0.1, 0.15) is 11.7 Å². The predicted octanol–water partition coefficient (Wildman–Crippen LogP) is 2.76. The molecule has 132 valence electrons. The lowest BCUT2D eigenvalue weighted by Gasteiger charge is -2.26. The normalized spacial score (nSPS) is 22.5. The molecule has 5 rings (SSSR count). The van der Waals surface area contributed by atoms with Crippen molar-refractivity contribution in [2.75, 3.05) is 0 Å². The van der Waals surface area contributed by atoms with Gasteiger partial charge in [-0.2, -0.15) is 4.99 Å². The van der Waals surface area contributed by atoms with Crippen molar-refractivity contribution in [3.8, 4) is 0 Å². The molecule has 0 amide bonds. The summed E-state index contributed by atoms with van der Waals surface area (Å²) in [6, 6.07) is 4.38. The number of imidazole rings is 1. The topological polar surface area (TPSA) is 94.6 Å². The molecule has 1 aromatic heterocycles. The molecule has 1 aliphatic heterocycles. The Morgan fingerprint density at radius 1 is 1.08 bits per heavy atom. The summed E-state index contributed by atoms with van der Waals surface area (Å²) in [6.45, 7) is 4.29. The second kappa shape index (κ2) is 5.30. The van der Waals surface area contributed by atoms with E-state index >= 15 is 0 Å². The zero-order chi connectivity index (χ0) is 18.0. The van der Waals surface area contributed by atoms with E-state index in [0.717, 1.165) is 17.5 Å². The number of nitrogens with zero attached hydrogens (tertiary/aromatic N) is 4. The Labute approximate surface area is 152 Å². The van der Waals surface area contributed by atoms with Gasteiger partial charge in [0.15, 0.2) is 0 Å². The van der Waals surface area contributed by atoms with Crippen LogP contribution in [0.2, 0.25) is 0 Å². The molecular formula is C20H22N6. The zero-order valence-electron chi connectivity index (χ0n) is 15.0. The van der Waals surface area contributed by atoms with Gasteiger partial charge in [0, 0.05) is 23.6 Å². The van der Waals surface area contributed by atoms with Crippen LogP contribution >= 0.6 is 0 Å². The molecule has 3 aliphatic rings. The van der Waals surface area contributed by atoms with Crippen LogP contribution in [-0.2, 0) is 0 Å². The van der Waals surface area contributed by atoms with Gasteiger partial charge in [0.25, 0.3) is 0 Å². The van der Waals surface area contributed by atoms with Crippen molar-refractivity contribution in [3.63, 3.8) is 0 Å². The van der Waals surface area contributed by atoms with E-state index in [2.05, 4.69) is 46.6 Å². The van der Waals surface area contributed by atoms with E-state index in [0.29, 0.717) is 11.8 Å². The summed E-state index contributed by atoms with van der Waals surface area (Å²) >= 11 is 0. The Morgan fingerprint density at radius 2 is 1.85 bits per heavy atom. The molecule has 0 radical (unpaired) electrons. The number of allylic oxidation sites excluding steroid dienone is 2. The monoisotopic (exact) mass is 346 g/mol. The van der Waals surface area contributed by atoms with Gasteiger partial charge in [0.05, 0.1) is 17.1 Å². The fourth-order valence-electron chi connectivity index (χ4n) is 3.86. The highest BCUT2D eigenvalue weighted by Gasteiger charge is 2.33. The fourth-order valence-corrected chi connectivity index (χ4v) is 3.86. The summed E-state index contributed by atoms with van der Waals surface area (Å²) in [5.41, 5.74) is 18.8. The van der Waals surface area contributed by atoms with Gasteiger partial charge in [-0.05, 0) is 56.0 Å². The molecule has 1 aromatic carbocycles. The predicted molar refractivity (Wildman–Crippen MR) is 105 cm³/mol. The number of nitrogens with two attached hydrogens (primary N) is 2. The number of fused-ring (bicyclic) bond motifs is 2. The molecule has 1 saturated carbocycles. The Hall–Kier alpha value is -2.89. The van der Waals surface area contributed by atoms with Crippen molar-refractivity contribution in [1.82, 2.24) is 9.55 Å². The van der Waals surface area contributed by atoms with Crippen LogP contribution in [0.1, 0.15) is 42.1 Å². The molecule has 0 bridgehead atoms. The summed E-state index contributed by atoms with van der Waals surface area (Å²) in [6.07, 6.45) is 7.34. The van der Waals surface area contributed by atoms with Crippen molar-refractivity contribution in [1.29, 1.82) is 0 Å². The third-order valence-electron chi connectivity index (χ3n) is 5.56. The summed E-state index contributed by atoms with van der Waals surface area (Å²) in [4.78, 5) is 13.6. The van der Waals surface area contributed by atoms with Crippen LogP contribution in [0.4, 0.5) is 0 Å². The van der Waals surface area contributed by atoms with E-state index in [4.69, 9.17) is 16.5 Å². The van der Waals surface area contributed by atoms with Gasteiger partial charge in [-0.1, -0.05) is 6.08 Å². The molecule has 6 nitrogen and oxygen atoms in total. The summed E-state index contributed by atoms with van der Waals surface area (Å²) in [5.74, 6) is 2.46. The first-order chi connectivity index (χ1) is 12.5. The van der Waals surface area contributed by atoms with Crippen LogP contribution in [0.25, 0.3) is 16.7 Å². The molecular weight excluding hydrogens is 324 g/mol. The Bertz CT molecular complexity index is 1060. The van der Waals surface area contributed by atoms with Crippen LogP contribution < -0.4 is 11.5 Å². The van der Waals surface area contributed by atoms with Gasteiger partial charge < -0.3 is 11.5 Å². The van der Waals surface area contributed by atoms with E-state index in [1.165, 1.54) is 41.0 Å². The van der Waals surface area contributed by atoms with E-state index < -0.39 is 0 Å². The lowest BCUT2D eigenvalue weighted by molar-refractivity contribution is 0.762. The van der Waals surface area contributed by atoms with Gasteiger partial charge in [-0.3, -0.25) is 4.57 Å². The van der Waals surface area contributed by atoms with Gasteiger partial charge in [-0.15, -0.1) is 0 Å². The SMILES string of the molecule is Cc1cc2nc(C3CC3)n(C3=CC=C4C(N)=NC(N)=NC4C3)c2cc1C. The van der Waals surface area contributed by atoms with Gasteiger partial charge >= 0.3 is 0 Å². The standard InChI is InChI=1S/C20H22N6/c1-10-7-16-17(8-11(10)2)26(19(23-16)12-3-4-12)13-5-6-14-15(9-13)24-20(22)25-18(14)21/h5-8,12,15H,3-4,9H2,1-2H3,(H4,21,22,24,25). The van der Waals surface area contributed by atoms with Gasteiger partial charge in [-0.25, -0.2) is 9.98 Å². The van der Waals surface area contributed by atoms with Crippen molar-refractivity contribution in [2.45, 2.75) is 45.1 Å². The first-order valence-electron chi connectivity index (χ1n) is 9.10. The summed E-state index contributed by atoms with van der Waals surface area (Å²) in [7, 11) is 0. The Balaban J connectivity index is 1.69. The van der Waals surface area contributed by atoms with Gasteiger partial charge in [0.2, 0.25) is 5.96 Å². The maximum atomic E-state index is 6.03. The minimum Gasteiger partial charge on any atom is -0.383 e. The molecule has 1 unspecified atom stereocenters. The molecule has 2 heterocycles. The number of benzene rings is 1. The molecule has 2 aromatic rings. The Kier molecular flexibility index (Phi) is 3.13. The van der Waals surface area contributed by atoms with Crippen LogP contribution in [0.15, 0.2) is 39.8 Å². The van der Waals surface area contributed by atoms with Crippen LogP contribution in [-0.4, -0.2) is 27.4 Å². The highest BCUT2D eigenvalue weighted by molar-refractivity contribution is 6.08. The van der Waals surface area contributed by atoms with Crippen LogP contribution in [0, 0.1) is 13.8 Å². The number of amidine groups is 1. The van der Waals surface area contributed by atoms with Crippen molar-refractivity contribution in [2.24, 2.45) is 21.5 Å². The lowest BCUT2D eigenvalue weighted by atomic mass is 9.95. The molecule has 2 aliphatic carbocycles. The first-order valence-corrected chi connectivity index (χ1v) is 9.10. The number of aryl methyl sites for hydroxylation is 2. The average molecular weight is 346 g/mol. The second-order valence-electron chi connectivity index (χ2n) is 7.49. The minimum absolute atomic E-state index is 0.0662. The van der Waals surface area contributed by atoms with Crippen molar-refractivity contribution >= 4 is 28.5 Å². The third-order valence-corrected chi connectivity index (χ3v) is 5.56. The second-order valence-corrected chi connectivity index (χ2v) is 7.49. The minimum atomic E-state index is -0.0662. The molecule has 4 N–H and O–H groups in total. The smallest absolute Gasteiger partial charge is 0.217 e. The quantitative estimate of drug-likeness (QED) is 0.875. The zero-order valence-corrected chi connectivity index (χ0v) is 15.0. The largest absolute Gasteiger partial charge is 0.383 e. The maximum absolute atomic E-state index is 6.03. The molecule has 0 spiro atoms. The van der Waals surface area contributed by atoms with Crippen molar-refractivity contribution < 1.29 is 0 Å². The summed E-state index contributed by atoms with van der Waals surface area (Å²) < 4.78 is 2.33. The number of hydrogen-bond acceptors (Lipinski definition) is 5. The third kappa shape index (κ3) is 2.29. The number of aromatic nitrogens is 2. The van der Waals surface area contributed by atoms with E-state index in [1.807, 2.05) is 6.08 Å². The summed E-state index contributed by atoms with van der Waals surface area (Å²) in [5, 5.41) is 0. The Morgan fingerprint density at radius 3 is 2.62 bits per heavy atom. The molecule has 1 fully saturated rings. The molecule has 1 atom stereocenters. The number of guanidine groups is 1. The van der Waals surface area contributed by atoms with E-state index in [-0.39, 0.29) is 12.0 Å². The lowest BCUT2D eigenvalue weighted by Crippen LogP contribution is -2.33. The number of hydrogen-bond donors (Lipinski definition) is 2. The average Bonchev–Trinajstić information content (AvgIpc) is 3.37. The first kappa shape index (κ1) is 15.4.